The number of halogens is 1. The van der Waals surface area contributed by atoms with E-state index in [2.05, 4.69) is 33.2 Å². The van der Waals surface area contributed by atoms with Gasteiger partial charge < -0.3 is 5.32 Å². The van der Waals surface area contributed by atoms with Gasteiger partial charge in [-0.05, 0) is 43.2 Å². The maximum atomic E-state index is 4.32. The summed E-state index contributed by atoms with van der Waals surface area (Å²) in [5.74, 6) is 0.867. The zero-order valence-electron chi connectivity index (χ0n) is 9.29. The molecule has 0 amide bonds. The SMILES string of the molecule is Cc1ccc(Nc2cccc(Br)c2C)nc1. The fraction of sp³-hybridized carbons (Fsp3) is 0.154. The quantitative estimate of drug-likeness (QED) is 0.889. The minimum Gasteiger partial charge on any atom is -0.340 e. The first-order chi connectivity index (χ1) is 7.66. The highest BCUT2D eigenvalue weighted by atomic mass is 79.9. The topological polar surface area (TPSA) is 24.9 Å². The van der Waals surface area contributed by atoms with Gasteiger partial charge in [0.25, 0.3) is 0 Å². The van der Waals surface area contributed by atoms with Gasteiger partial charge in [-0.15, -0.1) is 0 Å². The molecule has 1 N–H and O–H groups in total. The Morgan fingerprint density at radius 2 is 1.94 bits per heavy atom. The summed E-state index contributed by atoms with van der Waals surface area (Å²) in [5, 5.41) is 3.30. The Bertz CT molecular complexity index is 492. The Labute approximate surface area is 104 Å². The van der Waals surface area contributed by atoms with E-state index in [0.29, 0.717) is 0 Å². The summed E-state index contributed by atoms with van der Waals surface area (Å²) >= 11 is 3.51. The second kappa shape index (κ2) is 4.66. The lowest BCUT2D eigenvalue weighted by Gasteiger charge is -2.09. The number of rotatable bonds is 2. The molecule has 1 aromatic carbocycles. The first-order valence-corrected chi connectivity index (χ1v) is 5.91. The third kappa shape index (κ3) is 2.42. The van der Waals surface area contributed by atoms with Gasteiger partial charge >= 0.3 is 0 Å². The van der Waals surface area contributed by atoms with Crippen LogP contribution < -0.4 is 5.32 Å². The molecule has 0 fully saturated rings. The van der Waals surface area contributed by atoms with Crippen LogP contribution in [0.3, 0.4) is 0 Å². The zero-order chi connectivity index (χ0) is 11.5. The number of nitrogens with zero attached hydrogens (tertiary/aromatic N) is 1. The number of hydrogen-bond donors (Lipinski definition) is 1. The van der Waals surface area contributed by atoms with Gasteiger partial charge in [0.1, 0.15) is 5.82 Å². The van der Waals surface area contributed by atoms with Crippen molar-refractivity contribution in [1.82, 2.24) is 4.98 Å². The maximum absolute atomic E-state index is 4.32. The van der Waals surface area contributed by atoms with E-state index in [0.717, 1.165) is 21.5 Å². The van der Waals surface area contributed by atoms with Crippen LogP contribution in [0.5, 0.6) is 0 Å². The molecule has 2 rings (SSSR count). The highest BCUT2D eigenvalue weighted by molar-refractivity contribution is 9.10. The molecule has 3 heteroatoms. The smallest absolute Gasteiger partial charge is 0.130 e. The lowest BCUT2D eigenvalue weighted by molar-refractivity contribution is 1.25. The summed E-state index contributed by atoms with van der Waals surface area (Å²) in [7, 11) is 0. The van der Waals surface area contributed by atoms with E-state index in [9.17, 15) is 0 Å². The molecule has 0 aliphatic carbocycles. The van der Waals surface area contributed by atoms with Crippen LogP contribution in [0, 0.1) is 13.8 Å². The molecule has 0 unspecified atom stereocenters. The average Bonchev–Trinajstić information content (AvgIpc) is 2.28. The minimum absolute atomic E-state index is 0.867. The molecule has 0 atom stereocenters. The van der Waals surface area contributed by atoms with Crippen LogP contribution in [0.2, 0.25) is 0 Å². The normalized spacial score (nSPS) is 10.2. The summed E-state index contributed by atoms with van der Waals surface area (Å²) in [6, 6.07) is 10.1. The van der Waals surface area contributed by atoms with Crippen molar-refractivity contribution in [2.45, 2.75) is 13.8 Å². The summed E-state index contributed by atoms with van der Waals surface area (Å²) < 4.78 is 1.10. The monoisotopic (exact) mass is 276 g/mol. The number of benzene rings is 1. The van der Waals surface area contributed by atoms with Crippen molar-refractivity contribution < 1.29 is 0 Å². The molecule has 0 aliphatic heterocycles. The number of nitrogens with one attached hydrogen (secondary N) is 1. The van der Waals surface area contributed by atoms with E-state index in [1.165, 1.54) is 5.56 Å². The molecule has 1 heterocycles. The standard InChI is InChI=1S/C13H13BrN2/c1-9-6-7-13(15-8-9)16-12-5-3-4-11(14)10(12)2/h3-8H,1-2H3,(H,15,16). The summed E-state index contributed by atoms with van der Waals surface area (Å²) in [4.78, 5) is 4.32. The maximum Gasteiger partial charge on any atom is 0.130 e. The van der Waals surface area contributed by atoms with Gasteiger partial charge in [0.05, 0.1) is 0 Å². The van der Waals surface area contributed by atoms with Crippen molar-refractivity contribution in [3.8, 4) is 0 Å². The molecule has 2 aromatic rings. The molecule has 0 bridgehead atoms. The Kier molecular flexibility index (Phi) is 3.25. The third-order valence-electron chi connectivity index (χ3n) is 2.44. The van der Waals surface area contributed by atoms with Gasteiger partial charge in [-0.2, -0.15) is 0 Å². The van der Waals surface area contributed by atoms with Crippen molar-refractivity contribution in [3.05, 3.63) is 52.1 Å². The predicted molar refractivity (Wildman–Crippen MR) is 71.1 cm³/mol. The lowest BCUT2D eigenvalue weighted by atomic mass is 10.2. The number of pyridine rings is 1. The molecular formula is C13H13BrN2. The second-order valence-electron chi connectivity index (χ2n) is 3.76. The number of anilines is 2. The molecule has 16 heavy (non-hydrogen) atoms. The number of aromatic nitrogens is 1. The molecule has 1 aromatic heterocycles. The van der Waals surface area contributed by atoms with Crippen molar-refractivity contribution in [2.24, 2.45) is 0 Å². The highest BCUT2D eigenvalue weighted by Crippen LogP contribution is 2.25. The van der Waals surface area contributed by atoms with Gasteiger partial charge in [0.2, 0.25) is 0 Å². The first kappa shape index (κ1) is 11.1. The molecular weight excluding hydrogens is 264 g/mol. The largest absolute Gasteiger partial charge is 0.340 e. The van der Waals surface area contributed by atoms with Crippen molar-refractivity contribution in [1.29, 1.82) is 0 Å². The molecule has 0 radical (unpaired) electrons. The van der Waals surface area contributed by atoms with Gasteiger partial charge in [0, 0.05) is 16.4 Å². The van der Waals surface area contributed by atoms with Crippen molar-refractivity contribution in [3.63, 3.8) is 0 Å². The molecule has 0 saturated heterocycles. The van der Waals surface area contributed by atoms with Gasteiger partial charge in [-0.3, -0.25) is 0 Å². The molecule has 0 spiro atoms. The van der Waals surface area contributed by atoms with E-state index in [1.54, 1.807) is 0 Å². The Morgan fingerprint density at radius 3 is 2.62 bits per heavy atom. The minimum atomic E-state index is 0.867. The van der Waals surface area contributed by atoms with Crippen LogP contribution in [0.4, 0.5) is 11.5 Å². The fourth-order valence-corrected chi connectivity index (χ4v) is 1.79. The Balaban J connectivity index is 2.27. The van der Waals surface area contributed by atoms with E-state index >= 15 is 0 Å². The number of aryl methyl sites for hydroxylation is 1. The molecule has 0 saturated carbocycles. The van der Waals surface area contributed by atoms with Gasteiger partial charge in [-0.25, -0.2) is 4.98 Å². The Hall–Kier alpha value is -1.35. The van der Waals surface area contributed by atoms with Gasteiger partial charge in [-0.1, -0.05) is 28.1 Å². The van der Waals surface area contributed by atoms with E-state index < -0.39 is 0 Å². The Morgan fingerprint density at radius 1 is 1.12 bits per heavy atom. The van der Waals surface area contributed by atoms with Crippen LogP contribution in [-0.2, 0) is 0 Å². The van der Waals surface area contributed by atoms with Crippen molar-refractivity contribution in [2.75, 3.05) is 5.32 Å². The molecule has 2 nitrogen and oxygen atoms in total. The van der Waals surface area contributed by atoms with Crippen molar-refractivity contribution >= 4 is 27.4 Å². The number of hydrogen-bond acceptors (Lipinski definition) is 2. The molecule has 0 aliphatic rings. The van der Waals surface area contributed by atoms with Crippen LogP contribution >= 0.6 is 15.9 Å². The summed E-state index contributed by atoms with van der Waals surface area (Å²) in [5.41, 5.74) is 3.42. The first-order valence-electron chi connectivity index (χ1n) is 5.11. The average molecular weight is 277 g/mol. The predicted octanol–water partition coefficient (Wildman–Crippen LogP) is 4.20. The zero-order valence-corrected chi connectivity index (χ0v) is 10.9. The van der Waals surface area contributed by atoms with E-state index in [1.807, 2.05) is 43.5 Å². The molecule has 82 valence electrons. The van der Waals surface area contributed by atoms with Crippen LogP contribution in [0.1, 0.15) is 11.1 Å². The third-order valence-corrected chi connectivity index (χ3v) is 3.30. The lowest BCUT2D eigenvalue weighted by Crippen LogP contribution is -1.95. The van der Waals surface area contributed by atoms with Crippen LogP contribution in [-0.4, -0.2) is 4.98 Å². The van der Waals surface area contributed by atoms with Gasteiger partial charge in [0.15, 0.2) is 0 Å². The van der Waals surface area contributed by atoms with E-state index in [-0.39, 0.29) is 0 Å². The second-order valence-corrected chi connectivity index (χ2v) is 4.61. The summed E-state index contributed by atoms with van der Waals surface area (Å²) in [6.45, 7) is 4.10. The van der Waals surface area contributed by atoms with E-state index in [4.69, 9.17) is 0 Å². The summed E-state index contributed by atoms with van der Waals surface area (Å²) in [6.07, 6.45) is 1.86. The van der Waals surface area contributed by atoms with Crippen LogP contribution in [0.25, 0.3) is 0 Å². The van der Waals surface area contributed by atoms with Crippen LogP contribution in [0.15, 0.2) is 41.0 Å². The highest BCUT2D eigenvalue weighted by Gasteiger charge is 2.02. The fourth-order valence-electron chi connectivity index (χ4n) is 1.42.